The van der Waals surface area contributed by atoms with E-state index in [1.807, 2.05) is 11.3 Å². The Kier molecular flexibility index (Phi) is 5.30. The van der Waals surface area contributed by atoms with Crippen LogP contribution in [0, 0.1) is 5.41 Å². The summed E-state index contributed by atoms with van der Waals surface area (Å²) < 4.78 is 5.53. The number of piperidine rings is 1. The van der Waals surface area contributed by atoms with Crippen LogP contribution in [0.15, 0.2) is 5.38 Å². The molecule has 1 aromatic heterocycles. The zero-order valence-electron chi connectivity index (χ0n) is 13.3. The maximum atomic E-state index is 5.53. The molecule has 0 aliphatic carbocycles. The van der Waals surface area contributed by atoms with Crippen molar-refractivity contribution in [1.29, 1.82) is 0 Å². The molecule has 21 heavy (non-hydrogen) atoms. The summed E-state index contributed by atoms with van der Waals surface area (Å²) in [6.45, 7) is 7.73. The molecular weight excluding hydrogens is 280 g/mol. The molecule has 1 spiro atoms. The second kappa shape index (κ2) is 7.21. The summed E-state index contributed by atoms with van der Waals surface area (Å²) >= 11 is 1.85. The van der Waals surface area contributed by atoms with Gasteiger partial charge in [-0.1, -0.05) is 13.3 Å². The first-order valence-electron chi connectivity index (χ1n) is 8.53. The van der Waals surface area contributed by atoms with Crippen LogP contribution in [0.1, 0.15) is 56.2 Å². The van der Waals surface area contributed by atoms with Gasteiger partial charge in [0, 0.05) is 25.1 Å². The van der Waals surface area contributed by atoms with Crippen molar-refractivity contribution in [3.63, 3.8) is 0 Å². The smallest absolute Gasteiger partial charge is 0.0928 e. The normalized spacial score (nSPS) is 22.7. The molecule has 0 N–H and O–H groups in total. The second-order valence-corrected chi connectivity index (χ2v) is 7.67. The highest BCUT2D eigenvalue weighted by atomic mass is 32.1. The molecule has 0 aromatic carbocycles. The minimum absolute atomic E-state index is 0.600. The summed E-state index contributed by atoms with van der Waals surface area (Å²) in [6, 6.07) is 0. The Hall–Kier alpha value is -0.450. The predicted molar refractivity (Wildman–Crippen MR) is 87.7 cm³/mol. The van der Waals surface area contributed by atoms with Crippen LogP contribution < -0.4 is 0 Å². The van der Waals surface area contributed by atoms with Gasteiger partial charge in [-0.25, -0.2) is 4.98 Å². The maximum Gasteiger partial charge on any atom is 0.0928 e. The van der Waals surface area contributed by atoms with Crippen molar-refractivity contribution >= 4 is 11.3 Å². The lowest BCUT2D eigenvalue weighted by atomic mass is 9.72. The molecule has 0 bridgehead atoms. The average Bonchev–Trinajstić information content (AvgIpc) is 2.96. The van der Waals surface area contributed by atoms with Crippen molar-refractivity contribution in [2.75, 3.05) is 26.3 Å². The van der Waals surface area contributed by atoms with E-state index in [9.17, 15) is 0 Å². The number of thiazole rings is 1. The van der Waals surface area contributed by atoms with Gasteiger partial charge in [-0.3, -0.25) is 4.90 Å². The molecule has 0 unspecified atom stereocenters. The molecule has 2 fully saturated rings. The first kappa shape index (κ1) is 15.4. The predicted octanol–water partition coefficient (Wildman–Crippen LogP) is 3.88. The Bertz CT molecular complexity index is 430. The number of aromatic nitrogens is 1. The van der Waals surface area contributed by atoms with Crippen LogP contribution in [0.2, 0.25) is 0 Å². The molecule has 0 radical (unpaired) electrons. The van der Waals surface area contributed by atoms with Gasteiger partial charge >= 0.3 is 0 Å². The van der Waals surface area contributed by atoms with Crippen molar-refractivity contribution in [2.45, 2.75) is 58.4 Å². The molecule has 4 heteroatoms. The largest absolute Gasteiger partial charge is 0.381 e. The van der Waals surface area contributed by atoms with E-state index in [-0.39, 0.29) is 0 Å². The standard InChI is InChI=1S/C17H28N2OS/c1-2-3-4-16-18-15(14-21-16)13-19-9-5-17(6-10-19)7-11-20-12-8-17/h14H,2-13H2,1H3. The summed E-state index contributed by atoms with van der Waals surface area (Å²) in [5, 5.41) is 3.59. The molecule has 3 nitrogen and oxygen atoms in total. The van der Waals surface area contributed by atoms with Gasteiger partial charge in [-0.2, -0.15) is 0 Å². The number of hydrogen-bond acceptors (Lipinski definition) is 4. The van der Waals surface area contributed by atoms with Crippen molar-refractivity contribution in [3.05, 3.63) is 16.1 Å². The van der Waals surface area contributed by atoms with Crippen LogP contribution in [-0.4, -0.2) is 36.2 Å². The van der Waals surface area contributed by atoms with Gasteiger partial charge < -0.3 is 4.74 Å². The zero-order valence-corrected chi connectivity index (χ0v) is 14.1. The van der Waals surface area contributed by atoms with Crippen LogP contribution in [0.3, 0.4) is 0 Å². The third-order valence-electron chi connectivity index (χ3n) is 5.20. The third-order valence-corrected chi connectivity index (χ3v) is 6.16. The van der Waals surface area contributed by atoms with Gasteiger partial charge in [0.1, 0.15) is 0 Å². The van der Waals surface area contributed by atoms with E-state index in [0.717, 1.165) is 26.2 Å². The number of hydrogen-bond donors (Lipinski definition) is 0. The number of likely N-dealkylation sites (tertiary alicyclic amines) is 1. The van der Waals surface area contributed by atoms with E-state index >= 15 is 0 Å². The van der Waals surface area contributed by atoms with E-state index in [2.05, 4.69) is 17.2 Å². The quantitative estimate of drug-likeness (QED) is 0.825. The first-order chi connectivity index (χ1) is 10.3. The highest BCUT2D eigenvalue weighted by Crippen LogP contribution is 2.40. The minimum atomic E-state index is 0.600. The van der Waals surface area contributed by atoms with Gasteiger partial charge in [0.05, 0.1) is 10.7 Å². The Balaban J connectivity index is 1.47. The first-order valence-corrected chi connectivity index (χ1v) is 9.41. The topological polar surface area (TPSA) is 25.4 Å². The summed E-state index contributed by atoms with van der Waals surface area (Å²) in [6.07, 6.45) is 8.93. The molecule has 118 valence electrons. The van der Waals surface area contributed by atoms with E-state index in [1.165, 1.54) is 62.3 Å². The Morgan fingerprint density at radius 1 is 1.24 bits per heavy atom. The molecule has 3 heterocycles. The fourth-order valence-electron chi connectivity index (χ4n) is 3.58. The lowest BCUT2D eigenvalue weighted by Crippen LogP contribution is -2.42. The molecule has 0 amide bonds. The maximum absolute atomic E-state index is 5.53. The molecule has 2 saturated heterocycles. The zero-order chi connectivity index (χ0) is 14.5. The van der Waals surface area contributed by atoms with Crippen LogP contribution in [0.4, 0.5) is 0 Å². The Morgan fingerprint density at radius 3 is 2.71 bits per heavy atom. The third kappa shape index (κ3) is 4.05. The highest BCUT2D eigenvalue weighted by Gasteiger charge is 2.35. The van der Waals surface area contributed by atoms with E-state index in [1.54, 1.807) is 0 Å². The van der Waals surface area contributed by atoms with Crippen LogP contribution in [0.25, 0.3) is 0 Å². The van der Waals surface area contributed by atoms with Gasteiger partial charge in [0.15, 0.2) is 0 Å². The second-order valence-electron chi connectivity index (χ2n) is 6.72. The number of unbranched alkanes of at least 4 members (excludes halogenated alkanes) is 1. The van der Waals surface area contributed by atoms with Crippen LogP contribution >= 0.6 is 11.3 Å². The molecule has 0 saturated carbocycles. The minimum Gasteiger partial charge on any atom is -0.381 e. The summed E-state index contributed by atoms with van der Waals surface area (Å²) in [5.41, 5.74) is 1.89. The number of nitrogens with zero attached hydrogens (tertiary/aromatic N) is 2. The van der Waals surface area contributed by atoms with E-state index in [0.29, 0.717) is 5.41 Å². The molecule has 2 aliphatic heterocycles. The van der Waals surface area contributed by atoms with Gasteiger partial charge in [0.2, 0.25) is 0 Å². The highest BCUT2D eigenvalue weighted by molar-refractivity contribution is 7.09. The van der Waals surface area contributed by atoms with Gasteiger partial charge in [-0.15, -0.1) is 11.3 Å². The Morgan fingerprint density at radius 2 is 2.00 bits per heavy atom. The lowest BCUT2D eigenvalue weighted by Gasteiger charge is -2.44. The van der Waals surface area contributed by atoms with E-state index in [4.69, 9.17) is 9.72 Å². The molecule has 0 atom stereocenters. The molecule has 2 aliphatic rings. The van der Waals surface area contributed by atoms with Crippen molar-refractivity contribution in [3.8, 4) is 0 Å². The molecule has 3 rings (SSSR count). The van der Waals surface area contributed by atoms with Crippen molar-refractivity contribution < 1.29 is 4.74 Å². The SMILES string of the molecule is CCCCc1nc(CN2CCC3(CCOCC3)CC2)cs1. The lowest BCUT2D eigenvalue weighted by molar-refractivity contribution is -0.0219. The Labute approximate surface area is 132 Å². The number of aryl methyl sites for hydroxylation is 1. The molecular formula is C17H28N2OS. The summed E-state index contributed by atoms with van der Waals surface area (Å²) in [5.74, 6) is 0. The fraction of sp³-hybridized carbons (Fsp3) is 0.824. The summed E-state index contributed by atoms with van der Waals surface area (Å²) in [4.78, 5) is 7.40. The van der Waals surface area contributed by atoms with Crippen molar-refractivity contribution in [2.24, 2.45) is 5.41 Å². The number of rotatable bonds is 5. The summed E-state index contributed by atoms with van der Waals surface area (Å²) in [7, 11) is 0. The van der Waals surface area contributed by atoms with E-state index < -0.39 is 0 Å². The van der Waals surface area contributed by atoms with Crippen molar-refractivity contribution in [1.82, 2.24) is 9.88 Å². The van der Waals surface area contributed by atoms with Crippen LogP contribution in [0.5, 0.6) is 0 Å². The monoisotopic (exact) mass is 308 g/mol. The average molecular weight is 308 g/mol. The van der Waals surface area contributed by atoms with Crippen LogP contribution in [-0.2, 0) is 17.7 Å². The molecule has 1 aromatic rings. The van der Waals surface area contributed by atoms with Gasteiger partial charge in [-0.05, 0) is 57.0 Å². The number of ether oxygens (including phenoxy) is 1. The van der Waals surface area contributed by atoms with Gasteiger partial charge in [0.25, 0.3) is 0 Å². The fourth-order valence-corrected chi connectivity index (χ4v) is 4.41.